The van der Waals surface area contributed by atoms with Crippen molar-refractivity contribution < 1.29 is 9.13 Å². The minimum Gasteiger partial charge on any atom is -0.385 e. The van der Waals surface area contributed by atoms with Gasteiger partial charge in [0.05, 0.1) is 11.4 Å². The first-order valence-electron chi connectivity index (χ1n) is 5.08. The summed E-state index contributed by atoms with van der Waals surface area (Å²) in [6, 6.07) is 5.08. The molecular weight excluding hydrogens is 195 g/mol. The molecule has 82 valence electrons. The zero-order valence-corrected chi connectivity index (χ0v) is 8.72. The lowest BCUT2D eigenvalue weighted by atomic mass is 10.1. The van der Waals surface area contributed by atoms with Crippen LogP contribution in [0.15, 0.2) is 18.2 Å². The number of hydrogen-bond acceptors (Lipinski definition) is 3. The zero-order chi connectivity index (χ0) is 10.7. The number of anilines is 2. The van der Waals surface area contributed by atoms with Crippen molar-refractivity contribution in [2.45, 2.75) is 12.5 Å². The molecular formula is C11H15FN2O. The van der Waals surface area contributed by atoms with E-state index < -0.39 is 0 Å². The number of methoxy groups -OCH3 is 1. The van der Waals surface area contributed by atoms with E-state index in [0.29, 0.717) is 6.04 Å². The quantitative estimate of drug-likeness (QED) is 0.801. The highest BCUT2D eigenvalue weighted by molar-refractivity contribution is 5.71. The highest BCUT2D eigenvalue weighted by atomic mass is 19.1. The molecule has 1 unspecified atom stereocenters. The summed E-state index contributed by atoms with van der Waals surface area (Å²) in [4.78, 5) is 0. The van der Waals surface area contributed by atoms with E-state index in [1.54, 1.807) is 13.2 Å². The lowest BCUT2D eigenvalue weighted by Gasteiger charge is -2.28. The Balaban J connectivity index is 2.03. The second-order valence-electron chi connectivity index (χ2n) is 3.69. The normalized spacial score (nSPS) is 18.9. The van der Waals surface area contributed by atoms with E-state index in [9.17, 15) is 4.39 Å². The van der Waals surface area contributed by atoms with E-state index >= 15 is 0 Å². The third-order valence-electron chi connectivity index (χ3n) is 2.55. The average molecular weight is 210 g/mol. The van der Waals surface area contributed by atoms with Crippen LogP contribution in [-0.4, -0.2) is 26.3 Å². The van der Waals surface area contributed by atoms with E-state index in [1.165, 1.54) is 12.1 Å². The smallest absolute Gasteiger partial charge is 0.125 e. The molecule has 0 bridgehead atoms. The summed E-state index contributed by atoms with van der Waals surface area (Å²) >= 11 is 0. The topological polar surface area (TPSA) is 33.3 Å². The van der Waals surface area contributed by atoms with Gasteiger partial charge in [-0.25, -0.2) is 4.39 Å². The van der Waals surface area contributed by atoms with Gasteiger partial charge in [0, 0.05) is 26.3 Å². The van der Waals surface area contributed by atoms with Gasteiger partial charge in [0.2, 0.25) is 0 Å². The fourth-order valence-electron chi connectivity index (χ4n) is 1.73. The van der Waals surface area contributed by atoms with Crippen LogP contribution in [0.4, 0.5) is 15.8 Å². The molecule has 3 nitrogen and oxygen atoms in total. The van der Waals surface area contributed by atoms with Crippen LogP contribution in [0.2, 0.25) is 0 Å². The van der Waals surface area contributed by atoms with Crippen LogP contribution in [0.25, 0.3) is 0 Å². The first-order valence-corrected chi connectivity index (χ1v) is 5.08. The van der Waals surface area contributed by atoms with E-state index in [0.717, 1.165) is 30.9 Å². The number of benzene rings is 1. The van der Waals surface area contributed by atoms with E-state index in [2.05, 4.69) is 10.6 Å². The Bertz CT molecular complexity index is 343. The molecule has 4 heteroatoms. The number of rotatable bonds is 3. The van der Waals surface area contributed by atoms with Gasteiger partial charge in [-0.2, -0.15) is 0 Å². The number of fused-ring (bicyclic) bond motifs is 1. The highest BCUT2D eigenvalue weighted by Crippen LogP contribution is 2.27. The molecule has 2 rings (SSSR count). The maximum atomic E-state index is 12.9. The Kier molecular flexibility index (Phi) is 3.06. The maximum Gasteiger partial charge on any atom is 0.125 e. The number of hydrogen-bond donors (Lipinski definition) is 2. The second kappa shape index (κ2) is 4.49. The zero-order valence-electron chi connectivity index (χ0n) is 8.72. The van der Waals surface area contributed by atoms with Crippen molar-refractivity contribution in [1.82, 2.24) is 0 Å². The van der Waals surface area contributed by atoms with Crippen LogP contribution < -0.4 is 10.6 Å². The van der Waals surface area contributed by atoms with Crippen molar-refractivity contribution in [2.24, 2.45) is 0 Å². The molecule has 0 aliphatic carbocycles. The SMILES string of the molecule is COCCC1CNc2cc(F)ccc2N1. The number of ether oxygens (including phenoxy) is 1. The summed E-state index contributed by atoms with van der Waals surface area (Å²) in [6.07, 6.45) is 0.945. The van der Waals surface area contributed by atoms with Gasteiger partial charge in [-0.05, 0) is 24.6 Å². The van der Waals surface area contributed by atoms with Crippen LogP contribution in [0.3, 0.4) is 0 Å². The molecule has 0 aromatic heterocycles. The van der Waals surface area contributed by atoms with E-state index in [4.69, 9.17) is 4.74 Å². The van der Waals surface area contributed by atoms with Crippen LogP contribution in [-0.2, 0) is 4.74 Å². The van der Waals surface area contributed by atoms with Crippen LogP contribution in [0.5, 0.6) is 0 Å². The second-order valence-corrected chi connectivity index (χ2v) is 3.69. The molecule has 0 saturated carbocycles. The number of halogens is 1. The molecule has 1 heterocycles. The van der Waals surface area contributed by atoms with Crippen molar-refractivity contribution in [1.29, 1.82) is 0 Å². The van der Waals surface area contributed by atoms with Crippen LogP contribution >= 0.6 is 0 Å². The lowest BCUT2D eigenvalue weighted by Crippen LogP contribution is -2.33. The van der Waals surface area contributed by atoms with E-state index in [1.807, 2.05) is 0 Å². The predicted octanol–water partition coefficient (Wildman–Crippen LogP) is 2.07. The fraction of sp³-hybridized carbons (Fsp3) is 0.455. The summed E-state index contributed by atoms with van der Waals surface area (Å²) in [6.45, 7) is 1.54. The van der Waals surface area contributed by atoms with Crippen molar-refractivity contribution in [3.63, 3.8) is 0 Å². The fourth-order valence-corrected chi connectivity index (χ4v) is 1.73. The first-order chi connectivity index (χ1) is 7.29. The lowest BCUT2D eigenvalue weighted by molar-refractivity contribution is 0.190. The third-order valence-corrected chi connectivity index (χ3v) is 2.55. The molecule has 0 saturated heterocycles. The molecule has 1 aromatic rings. The molecule has 1 aliphatic heterocycles. The highest BCUT2D eigenvalue weighted by Gasteiger charge is 2.16. The Morgan fingerprint density at radius 1 is 1.47 bits per heavy atom. The molecule has 2 N–H and O–H groups in total. The molecule has 0 radical (unpaired) electrons. The molecule has 1 aliphatic rings. The molecule has 1 aromatic carbocycles. The van der Waals surface area contributed by atoms with Crippen LogP contribution in [0.1, 0.15) is 6.42 Å². The van der Waals surface area contributed by atoms with Crippen LogP contribution in [0, 0.1) is 5.82 Å². The molecule has 0 fully saturated rings. The maximum absolute atomic E-state index is 12.9. The van der Waals surface area contributed by atoms with Gasteiger partial charge in [0.25, 0.3) is 0 Å². The van der Waals surface area contributed by atoms with Gasteiger partial charge in [-0.15, -0.1) is 0 Å². The Labute approximate surface area is 88.6 Å². The third kappa shape index (κ3) is 2.39. The largest absolute Gasteiger partial charge is 0.385 e. The van der Waals surface area contributed by atoms with Gasteiger partial charge in [-0.1, -0.05) is 0 Å². The minimum atomic E-state index is -0.210. The van der Waals surface area contributed by atoms with Crippen molar-refractivity contribution >= 4 is 11.4 Å². The van der Waals surface area contributed by atoms with Crippen molar-refractivity contribution in [3.8, 4) is 0 Å². The van der Waals surface area contributed by atoms with Crippen molar-refractivity contribution in [3.05, 3.63) is 24.0 Å². The summed E-state index contributed by atoms with van der Waals surface area (Å²) in [5.74, 6) is -0.210. The summed E-state index contributed by atoms with van der Waals surface area (Å²) < 4.78 is 17.9. The molecule has 0 amide bonds. The van der Waals surface area contributed by atoms with Crippen molar-refractivity contribution in [2.75, 3.05) is 30.9 Å². The average Bonchev–Trinajstić information content (AvgIpc) is 2.26. The minimum absolute atomic E-state index is 0.210. The Morgan fingerprint density at radius 2 is 2.33 bits per heavy atom. The summed E-state index contributed by atoms with van der Waals surface area (Å²) in [5.41, 5.74) is 1.80. The predicted molar refractivity (Wildman–Crippen MR) is 58.8 cm³/mol. The van der Waals surface area contributed by atoms with Gasteiger partial charge >= 0.3 is 0 Å². The first kappa shape index (κ1) is 10.2. The monoisotopic (exact) mass is 210 g/mol. The van der Waals surface area contributed by atoms with Gasteiger partial charge < -0.3 is 15.4 Å². The standard InChI is InChI=1S/C11H15FN2O/c1-15-5-4-9-7-13-11-6-8(12)2-3-10(11)14-9/h2-3,6,9,13-14H,4-5,7H2,1H3. The van der Waals surface area contributed by atoms with Gasteiger partial charge in [-0.3, -0.25) is 0 Å². The number of nitrogens with one attached hydrogen (secondary N) is 2. The Hall–Kier alpha value is -1.29. The molecule has 0 spiro atoms. The van der Waals surface area contributed by atoms with E-state index in [-0.39, 0.29) is 5.82 Å². The summed E-state index contributed by atoms with van der Waals surface area (Å²) in [5, 5.41) is 6.55. The van der Waals surface area contributed by atoms with Gasteiger partial charge in [0.1, 0.15) is 5.82 Å². The van der Waals surface area contributed by atoms with Gasteiger partial charge in [0.15, 0.2) is 0 Å². The molecule has 15 heavy (non-hydrogen) atoms. The Morgan fingerprint density at radius 3 is 3.13 bits per heavy atom. The molecule has 1 atom stereocenters. The summed E-state index contributed by atoms with van der Waals surface area (Å²) in [7, 11) is 1.69.